The molecule has 0 aliphatic carbocycles. The van der Waals surface area contributed by atoms with E-state index in [9.17, 15) is 5.11 Å². The summed E-state index contributed by atoms with van der Waals surface area (Å²) in [7, 11) is 0. The summed E-state index contributed by atoms with van der Waals surface area (Å²) in [6.45, 7) is 3.53. The fraction of sp³-hybridized carbons (Fsp3) is 0.263. The Bertz CT molecular complexity index is 950. The number of nitrogens with zero attached hydrogens (tertiary/aromatic N) is 2. The molecule has 3 N–H and O–H groups in total. The maximum absolute atomic E-state index is 9.81. The van der Waals surface area contributed by atoms with Crippen molar-refractivity contribution >= 4 is 6.02 Å². The molecule has 0 radical (unpaired) electrons. The van der Waals surface area contributed by atoms with Crippen molar-refractivity contribution in [3.63, 3.8) is 0 Å². The zero-order chi connectivity index (χ0) is 17.7. The topological polar surface area (TPSA) is 90.0 Å². The summed E-state index contributed by atoms with van der Waals surface area (Å²) in [6, 6.07) is 9.62. The third-order valence-electron chi connectivity index (χ3n) is 4.08. The van der Waals surface area contributed by atoms with Crippen molar-refractivity contribution in [3.05, 3.63) is 53.2 Å². The van der Waals surface area contributed by atoms with Gasteiger partial charge in [0, 0.05) is 17.3 Å². The summed E-state index contributed by atoms with van der Waals surface area (Å²) in [5.74, 6) is 6.86. The van der Waals surface area contributed by atoms with Crippen molar-refractivity contribution in [2.24, 2.45) is 10.7 Å². The van der Waals surface area contributed by atoms with Gasteiger partial charge in [-0.05, 0) is 26.0 Å². The number of amidine groups is 1. The number of fused-ring (bicyclic) bond motifs is 4. The van der Waals surface area contributed by atoms with E-state index >= 15 is 0 Å². The lowest BCUT2D eigenvalue weighted by Gasteiger charge is -2.32. The third kappa shape index (κ3) is 2.59. The Kier molecular flexibility index (Phi) is 3.24. The summed E-state index contributed by atoms with van der Waals surface area (Å²) in [6.07, 6.45) is 1.61. The number of para-hydroxylation sites is 1. The maximum Gasteiger partial charge on any atom is 0.283 e. The quantitative estimate of drug-likeness (QED) is 0.718. The van der Waals surface area contributed by atoms with Gasteiger partial charge in [0.1, 0.15) is 18.0 Å². The highest BCUT2D eigenvalue weighted by Crippen LogP contribution is 2.49. The van der Waals surface area contributed by atoms with E-state index in [0.717, 1.165) is 11.1 Å². The average Bonchev–Trinajstić information content (AvgIpc) is 2.96. The van der Waals surface area contributed by atoms with Gasteiger partial charge in [0.25, 0.3) is 6.02 Å². The zero-order valence-electron chi connectivity index (χ0n) is 13.9. The molecule has 1 atom stereocenters. The number of benzene rings is 1. The molecule has 0 unspecified atom stereocenters. The standard InChI is InChI=1S/C19H17N3O3/c1-18(2,23)8-7-12-9-14-16(21-10-12)25-15-6-4-3-5-13(15)19(14)11-24-17(20)22-19/h3-6,9-10,23H,11H2,1-2H3,(H2,20,22)/t19-/m0/s1. The molecule has 0 bridgehead atoms. The van der Waals surface area contributed by atoms with Crippen molar-refractivity contribution in [3.8, 4) is 23.5 Å². The van der Waals surface area contributed by atoms with E-state index in [1.54, 1.807) is 20.0 Å². The van der Waals surface area contributed by atoms with Crippen LogP contribution in [0.1, 0.15) is 30.5 Å². The fourth-order valence-electron chi connectivity index (χ4n) is 2.98. The first kappa shape index (κ1) is 15.5. The normalized spacial score (nSPS) is 20.5. The molecule has 2 aliphatic heterocycles. The van der Waals surface area contributed by atoms with E-state index in [2.05, 4.69) is 21.8 Å². The summed E-state index contributed by atoms with van der Waals surface area (Å²) in [4.78, 5) is 8.96. The van der Waals surface area contributed by atoms with Gasteiger partial charge >= 0.3 is 0 Å². The van der Waals surface area contributed by atoms with Crippen molar-refractivity contribution in [1.82, 2.24) is 4.98 Å². The van der Waals surface area contributed by atoms with Crippen LogP contribution in [0.25, 0.3) is 0 Å². The largest absolute Gasteiger partial charge is 0.462 e. The number of aliphatic imine (C=N–C) groups is 1. The maximum atomic E-state index is 9.81. The van der Waals surface area contributed by atoms with Crippen LogP contribution in [0.3, 0.4) is 0 Å². The number of aliphatic hydroxyl groups is 1. The Balaban J connectivity index is 1.90. The van der Waals surface area contributed by atoms with E-state index in [1.807, 2.05) is 30.3 Å². The molecule has 6 nitrogen and oxygen atoms in total. The van der Waals surface area contributed by atoms with Crippen LogP contribution in [0.2, 0.25) is 0 Å². The molecule has 0 saturated carbocycles. The lowest BCUT2D eigenvalue weighted by molar-refractivity contribution is 0.143. The Morgan fingerprint density at radius 2 is 2.08 bits per heavy atom. The number of nitrogens with two attached hydrogens (primary N) is 1. The Morgan fingerprint density at radius 3 is 2.80 bits per heavy atom. The van der Waals surface area contributed by atoms with Crippen LogP contribution in [0.4, 0.5) is 0 Å². The molecule has 25 heavy (non-hydrogen) atoms. The van der Waals surface area contributed by atoms with Gasteiger partial charge in [-0.3, -0.25) is 0 Å². The molecule has 6 heteroatoms. The number of pyridine rings is 1. The SMILES string of the molecule is CC(C)(O)C#Cc1cnc2c(c1)[C@]1(COC(N)=N1)c1ccccc1O2. The minimum atomic E-state index is -1.09. The summed E-state index contributed by atoms with van der Waals surface area (Å²) in [5, 5.41) is 9.81. The van der Waals surface area contributed by atoms with Gasteiger partial charge in [-0.2, -0.15) is 0 Å². The Morgan fingerprint density at radius 1 is 1.28 bits per heavy atom. The van der Waals surface area contributed by atoms with Crippen LogP contribution >= 0.6 is 0 Å². The Labute approximate surface area is 145 Å². The summed E-state index contributed by atoms with van der Waals surface area (Å²) >= 11 is 0. The van der Waals surface area contributed by atoms with Gasteiger partial charge in [0.15, 0.2) is 5.54 Å². The Hall–Kier alpha value is -3.04. The van der Waals surface area contributed by atoms with Gasteiger partial charge in [-0.15, -0.1) is 0 Å². The number of rotatable bonds is 0. The highest BCUT2D eigenvalue weighted by molar-refractivity contribution is 5.76. The summed E-state index contributed by atoms with van der Waals surface area (Å²) < 4.78 is 11.4. The highest BCUT2D eigenvalue weighted by atomic mass is 16.5. The van der Waals surface area contributed by atoms with Crippen LogP contribution in [0.15, 0.2) is 41.5 Å². The predicted molar refractivity (Wildman–Crippen MR) is 92.3 cm³/mol. The molecule has 126 valence electrons. The van der Waals surface area contributed by atoms with E-state index in [4.69, 9.17) is 15.2 Å². The van der Waals surface area contributed by atoms with Gasteiger partial charge in [0.05, 0.1) is 5.56 Å². The van der Waals surface area contributed by atoms with E-state index in [-0.39, 0.29) is 12.6 Å². The molecule has 0 fully saturated rings. The fourth-order valence-corrected chi connectivity index (χ4v) is 2.98. The summed E-state index contributed by atoms with van der Waals surface area (Å²) in [5.41, 5.74) is 6.20. The molecule has 3 heterocycles. The van der Waals surface area contributed by atoms with Crippen molar-refractivity contribution < 1.29 is 14.6 Å². The van der Waals surface area contributed by atoms with Crippen molar-refractivity contribution in [2.45, 2.75) is 25.0 Å². The molecule has 4 rings (SSSR count). The van der Waals surface area contributed by atoms with E-state index in [1.165, 1.54) is 0 Å². The van der Waals surface area contributed by atoms with Gasteiger partial charge in [0.2, 0.25) is 5.88 Å². The van der Waals surface area contributed by atoms with Crippen molar-refractivity contribution in [2.75, 3.05) is 6.61 Å². The van der Waals surface area contributed by atoms with Crippen molar-refractivity contribution in [1.29, 1.82) is 0 Å². The van der Waals surface area contributed by atoms with Gasteiger partial charge in [-0.25, -0.2) is 9.98 Å². The smallest absolute Gasteiger partial charge is 0.283 e. The lowest BCUT2D eigenvalue weighted by Crippen LogP contribution is -2.31. The predicted octanol–water partition coefficient (Wildman–Crippen LogP) is 1.90. The molecule has 1 aromatic heterocycles. The monoisotopic (exact) mass is 335 g/mol. The second-order valence-corrected chi connectivity index (χ2v) is 6.58. The van der Waals surface area contributed by atoms with Gasteiger partial charge < -0.3 is 20.3 Å². The van der Waals surface area contributed by atoms with E-state index < -0.39 is 11.1 Å². The molecule has 0 saturated heterocycles. The molecular formula is C19H17N3O3. The van der Waals surface area contributed by atoms with E-state index in [0.29, 0.717) is 17.2 Å². The number of ether oxygens (including phenoxy) is 2. The molecule has 2 aliphatic rings. The van der Waals surface area contributed by atoms with Crippen LogP contribution in [0.5, 0.6) is 11.6 Å². The number of hydrogen-bond acceptors (Lipinski definition) is 6. The molecular weight excluding hydrogens is 318 g/mol. The highest BCUT2D eigenvalue weighted by Gasteiger charge is 2.47. The zero-order valence-corrected chi connectivity index (χ0v) is 13.9. The third-order valence-corrected chi connectivity index (χ3v) is 4.08. The van der Waals surface area contributed by atoms with Crippen LogP contribution in [-0.2, 0) is 10.3 Å². The van der Waals surface area contributed by atoms with Crippen LogP contribution < -0.4 is 10.5 Å². The minimum Gasteiger partial charge on any atom is -0.462 e. The number of aromatic nitrogens is 1. The molecule has 1 spiro atoms. The number of hydrogen-bond donors (Lipinski definition) is 2. The van der Waals surface area contributed by atoms with Gasteiger partial charge in [-0.1, -0.05) is 30.0 Å². The first-order valence-electron chi connectivity index (χ1n) is 7.89. The second-order valence-electron chi connectivity index (χ2n) is 6.58. The average molecular weight is 335 g/mol. The second kappa shape index (κ2) is 5.23. The lowest BCUT2D eigenvalue weighted by atomic mass is 9.82. The molecule has 2 aromatic rings. The van der Waals surface area contributed by atoms with Crippen LogP contribution in [0, 0.1) is 11.8 Å². The first-order valence-corrected chi connectivity index (χ1v) is 7.89. The molecule has 1 aromatic carbocycles. The molecule has 0 amide bonds. The minimum absolute atomic E-state index is 0.135. The first-order chi connectivity index (χ1) is 11.9. The van der Waals surface area contributed by atoms with Crippen LogP contribution in [-0.4, -0.2) is 28.3 Å².